The van der Waals surface area contributed by atoms with E-state index >= 15 is 0 Å². The van der Waals surface area contributed by atoms with Gasteiger partial charge in [-0.1, -0.05) is 30.3 Å². The van der Waals surface area contributed by atoms with Gasteiger partial charge >= 0.3 is 0 Å². The zero-order chi connectivity index (χ0) is 16.8. The predicted molar refractivity (Wildman–Crippen MR) is 99.4 cm³/mol. The summed E-state index contributed by atoms with van der Waals surface area (Å²) in [6, 6.07) is 10.3. The summed E-state index contributed by atoms with van der Waals surface area (Å²) < 4.78 is 0. The maximum Gasteiger partial charge on any atom is 0.222 e. The molecule has 0 saturated carbocycles. The van der Waals surface area contributed by atoms with Crippen molar-refractivity contribution in [1.29, 1.82) is 0 Å². The number of carbonyl (C=O) groups excluding carboxylic acids is 1. The number of carbonyl (C=O) groups is 1. The van der Waals surface area contributed by atoms with Crippen LogP contribution in [0.5, 0.6) is 0 Å². The van der Waals surface area contributed by atoms with Gasteiger partial charge < -0.3 is 4.90 Å². The number of halogens is 1. The van der Waals surface area contributed by atoms with Gasteiger partial charge in [0.15, 0.2) is 0 Å². The summed E-state index contributed by atoms with van der Waals surface area (Å²) >= 11 is 7.37. The van der Waals surface area contributed by atoms with E-state index in [1.165, 1.54) is 0 Å². The van der Waals surface area contributed by atoms with Crippen LogP contribution in [0.15, 0.2) is 35.7 Å². The fraction of sp³-hybridized carbons (Fsp3) is 0.444. The van der Waals surface area contributed by atoms with Crippen molar-refractivity contribution in [3.63, 3.8) is 0 Å². The number of nitrogens with zero attached hydrogens (tertiary/aromatic N) is 3. The van der Waals surface area contributed by atoms with E-state index in [1.54, 1.807) is 11.3 Å². The van der Waals surface area contributed by atoms with E-state index in [0.29, 0.717) is 12.3 Å². The Bertz CT molecular complexity index is 653. The lowest BCUT2D eigenvalue weighted by molar-refractivity contribution is -0.133. The van der Waals surface area contributed by atoms with Crippen molar-refractivity contribution in [1.82, 2.24) is 14.8 Å². The molecule has 0 N–H and O–H groups in total. The fourth-order valence-electron chi connectivity index (χ4n) is 2.85. The van der Waals surface area contributed by atoms with E-state index in [4.69, 9.17) is 16.6 Å². The molecule has 3 rings (SSSR count). The van der Waals surface area contributed by atoms with Gasteiger partial charge in [-0.3, -0.25) is 9.69 Å². The van der Waals surface area contributed by atoms with Gasteiger partial charge in [0.25, 0.3) is 0 Å². The first kappa shape index (κ1) is 17.4. The molecule has 2 heterocycles. The van der Waals surface area contributed by atoms with Crippen LogP contribution >= 0.6 is 22.9 Å². The largest absolute Gasteiger partial charge is 0.340 e. The number of amides is 1. The molecule has 1 aliphatic rings. The van der Waals surface area contributed by atoms with Crippen LogP contribution in [0.3, 0.4) is 0 Å². The van der Waals surface area contributed by atoms with Gasteiger partial charge in [0.2, 0.25) is 5.91 Å². The molecule has 1 fully saturated rings. The smallest absolute Gasteiger partial charge is 0.222 e. The zero-order valence-corrected chi connectivity index (χ0v) is 15.2. The summed E-state index contributed by atoms with van der Waals surface area (Å²) in [4.78, 5) is 21.1. The van der Waals surface area contributed by atoms with Crippen molar-refractivity contribution in [2.24, 2.45) is 0 Å². The molecule has 4 nitrogen and oxygen atoms in total. The van der Waals surface area contributed by atoms with Crippen molar-refractivity contribution < 1.29 is 4.79 Å². The minimum absolute atomic E-state index is 0.232. The second kappa shape index (κ2) is 8.60. The van der Waals surface area contributed by atoms with E-state index in [9.17, 15) is 4.79 Å². The molecule has 0 spiro atoms. The van der Waals surface area contributed by atoms with Crippen LogP contribution in [0, 0.1) is 0 Å². The third-order valence-corrected chi connectivity index (χ3v) is 5.33. The highest BCUT2D eigenvalue weighted by Crippen LogP contribution is 2.22. The van der Waals surface area contributed by atoms with Gasteiger partial charge in [0.05, 0.1) is 12.2 Å². The molecule has 0 atom stereocenters. The van der Waals surface area contributed by atoms with E-state index in [2.05, 4.69) is 22.4 Å². The lowest BCUT2D eigenvalue weighted by Crippen LogP contribution is -2.48. The van der Waals surface area contributed by atoms with Gasteiger partial charge in [0, 0.05) is 49.4 Å². The summed E-state index contributed by atoms with van der Waals surface area (Å²) in [5, 5.41) is 3.26. The molecule has 0 bridgehead atoms. The van der Waals surface area contributed by atoms with E-state index in [0.717, 1.165) is 55.4 Å². The Kier molecular flexibility index (Phi) is 6.24. The molecule has 1 amide bonds. The highest BCUT2D eigenvalue weighted by Gasteiger charge is 2.21. The first-order chi connectivity index (χ1) is 11.8. The Balaban J connectivity index is 1.50. The minimum atomic E-state index is 0.232. The average Bonchev–Trinajstić information content (AvgIpc) is 3.09. The van der Waals surface area contributed by atoms with Crippen molar-refractivity contribution in [3.8, 4) is 11.3 Å². The van der Waals surface area contributed by atoms with E-state index in [1.807, 2.05) is 23.1 Å². The average molecular weight is 364 g/mol. The van der Waals surface area contributed by atoms with Crippen molar-refractivity contribution in [3.05, 3.63) is 40.7 Å². The van der Waals surface area contributed by atoms with Crippen LogP contribution in [-0.2, 0) is 11.3 Å². The maximum absolute atomic E-state index is 12.0. The Labute approximate surface area is 152 Å². The second-order valence-electron chi connectivity index (χ2n) is 5.94. The number of piperazine rings is 1. The standard InChI is InChI=1S/C18H22ClN3OS/c19-8-4-7-18(23)22-11-9-21(10-12-22)13-17-20-16(14-24-17)15-5-2-1-3-6-15/h1-3,5-6,14H,4,7-13H2. The molecule has 1 saturated heterocycles. The van der Waals surface area contributed by atoms with Crippen LogP contribution in [0.4, 0.5) is 0 Å². The Morgan fingerprint density at radius 3 is 2.62 bits per heavy atom. The molecule has 24 heavy (non-hydrogen) atoms. The Hall–Kier alpha value is -1.43. The third kappa shape index (κ3) is 4.56. The zero-order valence-electron chi connectivity index (χ0n) is 13.7. The van der Waals surface area contributed by atoms with Gasteiger partial charge in [-0.25, -0.2) is 4.98 Å². The maximum atomic E-state index is 12.0. The highest BCUT2D eigenvalue weighted by atomic mass is 35.5. The summed E-state index contributed by atoms with van der Waals surface area (Å²) in [6.07, 6.45) is 1.33. The molecule has 0 radical (unpaired) electrons. The van der Waals surface area contributed by atoms with Crippen LogP contribution in [0.2, 0.25) is 0 Å². The molecule has 0 aliphatic carbocycles. The molecule has 128 valence electrons. The van der Waals surface area contributed by atoms with Gasteiger partial charge in [-0.15, -0.1) is 22.9 Å². The lowest BCUT2D eigenvalue weighted by Gasteiger charge is -2.34. The van der Waals surface area contributed by atoms with Crippen LogP contribution in [0.25, 0.3) is 11.3 Å². The fourth-order valence-corrected chi connectivity index (χ4v) is 3.83. The number of aromatic nitrogens is 1. The predicted octanol–water partition coefficient (Wildman–Crippen LogP) is 3.47. The van der Waals surface area contributed by atoms with E-state index in [-0.39, 0.29) is 5.91 Å². The van der Waals surface area contributed by atoms with Crippen molar-refractivity contribution in [2.45, 2.75) is 19.4 Å². The monoisotopic (exact) mass is 363 g/mol. The van der Waals surface area contributed by atoms with Crippen LogP contribution in [0.1, 0.15) is 17.8 Å². The summed E-state index contributed by atoms with van der Waals surface area (Å²) in [5.74, 6) is 0.787. The number of rotatable bonds is 6. The molecular formula is C18H22ClN3OS. The first-order valence-corrected chi connectivity index (χ1v) is 9.73. The molecule has 1 aromatic carbocycles. The molecule has 0 unspecified atom stereocenters. The summed E-state index contributed by atoms with van der Waals surface area (Å²) in [7, 11) is 0. The summed E-state index contributed by atoms with van der Waals surface area (Å²) in [5.41, 5.74) is 2.21. The number of hydrogen-bond donors (Lipinski definition) is 0. The van der Waals surface area contributed by atoms with Gasteiger partial charge in [-0.05, 0) is 6.42 Å². The van der Waals surface area contributed by atoms with E-state index < -0.39 is 0 Å². The number of thiazole rings is 1. The molecule has 1 aromatic heterocycles. The molecule has 6 heteroatoms. The quantitative estimate of drug-likeness (QED) is 0.737. The lowest BCUT2D eigenvalue weighted by atomic mass is 10.2. The third-order valence-electron chi connectivity index (χ3n) is 4.23. The topological polar surface area (TPSA) is 36.4 Å². The Morgan fingerprint density at radius 2 is 1.92 bits per heavy atom. The van der Waals surface area contributed by atoms with Crippen LogP contribution < -0.4 is 0 Å². The van der Waals surface area contributed by atoms with Gasteiger partial charge in [-0.2, -0.15) is 0 Å². The minimum Gasteiger partial charge on any atom is -0.340 e. The van der Waals surface area contributed by atoms with Crippen LogP contribution in [-0.4, -0.2) is 52.8 Å². The van der Waals surface area contributed by atoms with Crippen molar-refractivity contribution in [2.75, 3.05) is 32.1 Å². The number of benzene rings is 1. The summed E-state index contributed by atoms with van der Waals surface area (Å²) in [6.45, 7) is 4.29. The first-order valence-electron chi connectivity index (χ1n) is 8.32. The van der Waals surface area contributed by atoms with Gasteiger partial charge in [0.1, 0.15) is 5.01 Å². The molecule has 2 aromatic rings. The second-order valence-corrected chi connectivity index (χ2v) is 7.26. The number of alkyl halides is 1. The molecular weight excluding hydrogens is 342 g/mol. The normalized spacial score (nSPS) is 15.6. The Morgan fingerprint density at radius 1 is 1.17 bits per heavy atom. The van der Waals surface area contributed by atoms with Crippen molar-refractivity contribution >= 4 is 28.8 Å². The number of hydrogen-bond acceptors (Lipinski definition) is 4. The SMILES string of the molecule is O=C(CCCCl)N1CCN(Cc2nc(-c3ccccc3)cs2)CC1. The highest BCUT2D eigenvalue weighted by molar-refractivity contribution is 7.09. The molecule has 1 aliphatic heterocycles.